The van der Waals surface area contributed by atoms with Gasteiger partial charge >= 0.3 is 0 Å². The van der Waals surface area contributed by atoms with Gasteiger partial charge in [-0.15, -0.1) is 0 Å². The van der Waals surface area contributed by atoms with Crippen LogP contribution in [0.2, 0.25) is 0 Å². The number of carbonyl (C=O) groups excluding carboxylic acids is 1. The van der Waals surface area contributed by atoms with E-state index in [1.165, 1.54) is 0 Å². The summed E-state index contributed by atoms with van der Waals surface area (Å²) in [5, 5.41) is 2.52. The molecule has 0 aliphatic carbocycles. The van der Waals surface area contributed by atoms with Crippen LogP contribution >= 0.6 is 28.1 Å². The van der Waals surface area contributed by atoms with Crippen molar-refractivity contribution in [1.82, 2.24) is 0 Å². The Balaban J connectivity index is 2.28. The number of nitrogens with one attached hydrogen (secondary N) is 1. The fourth-order valence-corrected chi connectivity index (χ4v) is 2.16. The molecule has 0 radical (unpaired) electrons. The van der Waals surface area contributed by atoms with Gasteiger partial charge in [-0.2, -0.15) is 0 Å². The second kappa shape index (κ2) is 6.89. The van der Waals surface area contributed by atoms with Crippen LogP contribution in [0.25, 0.3) is 0 Å². The highest BCUT2D eigenvalue weighted by Gasteiger charge is 2.21. The molecular weight excluding hydrogens is 381 g/mol. The van der Waals surface area contributed by atoms with Crippen molar-refractivity contribution in [3.05, 3.63) is 58.3 Å². The highest BCUT2D eigenvalue weighted by molar-refractivity contribution is 9.10. The highest BCUT2D eigenvalue weighted by atomic mass is 79.9. The van der Waals surface area contributed by atoms with E-state index in [1.54, 1.807) is 24.3 Å². The van der Waals surface area contributed by atoms with Crippen LogP contribution in [0.1, 0.15) is 0 Å². The first-order valence-corrected chi connectivity index (χ1v) is 7.08. The molecule has 8 heteroatoms. The molecule has 2 aromatic carbocycles. The number of hydrogen-bond donors (Lipinski definition) is 1. The van der Waals surface area contributed by atoms with Gasteiger partial charge in [0, 0.05) is 10.2 Å². The van der Waals surface area contributed by atoms with Gasteiger partial charge in [0.1, 0.15) is 0 Å². The van der Waals surface area contributed by atoms with Gasteiger partial charge in [0.05, 0.1) is 5.69 Å². The van der Waals surface area contributed by atoms with Crippen molar-refractivity contribution in [1.29, 1.82) is 0 Å². The molecule has 0 heterocycles. The first-order chi connectivity index (χ1) is 10.4. The Labute approximate surface area is 137 Å². The third-order valence-corrected chi connectivity index (χ3v) is 3.52. The average Bonchev–Trinajstić information content (AvgIpc) is 2.50. The molecule has 0 atom stereocenters. The summed E-state index contributed by atoms with van der Waals surface area (Å²) < 4.78 is 40.8. The fourth-order valence-electron chi connectivity index (χ4n) is 1.63. The second-order valence-electron chi connectivity index (χ2n) is 4.11. The van der Waals surface area contributed by atoms with Crippen LogP contribution < -0.4 is 10.2 Å². The molecule has 1 N–H and O–H groups in total. The van der Waals surface area contributed by atoms with Crippen LogP contribution in [-0.2, 0) is 4.79 Å². The summed E-state index contributed by atoms with van der Waals surface area (Å²) in [6.45, 7) is 0. The van der Waals surface area contributed by atoms with Crippen LogP contribution in [0.4, 0.5) is 24.5 Å². The molecule has 22 heavy (non-hydrogen) atoms. The quantitative estimate of drug-likeness (QED) is 0.485. The summed E-state index contributed by atoms with van der Waals surface area (Å²) in [6, 6.07) is 8.44. The molecule has 2 rings (SSSR count). The molecule has 114 valence electrons. The van der Waals surface area contributed by atoms with Crippen molar-refractivity contribution in [2.45, 2.75) is 0 Å². The summed E-state index contributed by atoms with van der Waals surface area (Å²) in [4.78, 5) is 11.8. The SMILES string of the molecule is O=CN(C(=S)Nc1ccc(Br)cc1)c1ccc(F)c(F)c1F. The number of nitrogens with zero attached hydrogens (tertiary/aromatic N) is 1. The normalized spacial score (nSPS) is 10.2. The van der Waals surface area contributed by atoms with E-state index in [0.29, 0.717) is 16.7 Å². The Kier molecular flexibility index (Phi) is 5.15. The third-order valence-electron chi connectivity index (χ3n) is 2.69. The minimum absolute atomic E-state index is 0.178. The zero-order chi connectivity index (χ0) is 16.3. The van der Waals surface area contributed by atoms with Gasteiger partial charge in [0.2, 0.25) is 6.41 Å². The number of amides is 1. The molecule has 0 unspecified atom stereocenters. The van der Waals surface area contributed by atoms with Crippen LogP contribution in [-0.4, -0.2) is 11.5 Å². The zero-order valence-corrected chi connectivity index (χ0v) is 13.2. The van der Waals surface area contributed by atoms with Gasteiger partial charge in [-0.05, 0) is 48.6 Å². The number of hydrogen-bond acceptors (Lipinski definition) is 2. The molecule has 0 aliphatic rings. The van der Waals surface area contributed by atoms with Crippen LogP contribution in [0.5, 0.6) is 0 Å². The molecule has 0 bridgehead atoms. The fraction of sp³-hybridized carbons (Fsp3) is 0. The van der Waals surface area contributed by atoms with Crippen molar-refractivity contribution < 1.29 is 18.0 Å². The molecule has 0 spiro atoms. The highest BCUT2D eigenvalue weighted by Crippen LogP contribution is 2.24. The Bertz CT molecular complexity index is 725. The summed E-state index contributed by atoms with van der Waals surface area (Å²) in [5.74, 6) is -4.51. The van der Waals surface area contributed by atoms with Crippen LogP contribution in [0, 0.1) is 17.5 Å². The van der Waals surface area contributed by atoms with Crippen LogP contribution in [0.3, 0.4) is 0 Å². The number of rotatable bonds is 3. The molecular formula is C14H8BrF3N2OS. The monoisotopic (exact) mass is 388 g/mol. The predicted octanol–water partition coefficient (Wildman–Crippen LogP) is 4.23. The largest absolute Gasteiger partial charge is 0.332 e. The van der Waals surface area contributed by atoms with Crippen LogP contribution in [0.15, 0.2) is 40.9 Å². The van der Waals surface area contributed by atoms with E-state index in [2.05, 4.69) is 21.2 Å². The van der Waals surface area contributed by atoms with Gasteiger partial charge < -0.3 is 5.32 Å². The molecule has 1 amide bonds. The first kappa shape index (κ1) is 16.4. The number of anilines is 2. The number of carbonyl (C=O) groups is 1. The summed E-state index contributed by atoms with van der Waals surface area (Å²) in [7, 11) is 0. The molecule has 0 saturated carbocycles. The van der Waals surface area contributed by atoms with E-state index in [-0.39, 0.29) is 11.5 Å². The average molecular weight is 389 g/mol. The Hall–Kier alpha value is -1.93. The maximum absolute atomic E-state index is 13.7. The maximum Gasteiger partial charge on any atom is 0.220 e. The number of thiocarbonyl (C=S) groups is 1. The molecule has 3 nitrogen and oxygen atoms in total. The molecule has 0 aliphatic heterocycles. The van der Waals surface area contributed by atoms with E-state index in [9.17, 15) is 18.0 Å². The smallest absolute Gasteiger partial charge is 0.220 e. The molecule has 0 saturated heterocycles. The predicted molar refractivity (Wildman–Crippen MR) is 85.2 cm³/mol. The van der Waals surface area contributed by atoms with E-state index in [1.807, 2.05) is 0 Å². The van der Waals surface area contributed by atoms with Gasteiger partial charge in [0.25, 0.3) is 0 Å². The molecule has 0 aromatic heterocycles. The van der Waals surface area contributed by atoms with E-state index in [4.69, 9.17) is 12.2 Å². The number of halogens is 4. The van der Waals surface area contributed by atoms with Gasteiger partial charge in [0.15, 0.2) is 22.6 Å². The molecule has 0 fully saturated rings. The summed E-state index contributed by atoms with van der Waals surface area (Å²) in [5.41, 5.74) is 0.0616. The van der Waals surface area contributed by atoms with Crippen molar-refractivity contribution in [3.8, 4) is 0 Å². The first-order valence-electron chi connectivity index (χ1n) is 5.88. The minimum atomic E-state index is -1.67. The standard InChI is InChI=1S/C14H8BrF3N2OS/c15-8-1-3-9(4-2-8)19-14(22)20(7-21)11-6-5-10(16)12(17)13(11)18/h1-7H,(H,19,22). The lowest BCUT2D eigenvalue weighted by atomic mass is 10.2. The lowest BCUT2D eigenvalue weighted by molar-refractivity contribution is -0.106. The lowest BCUT2D eigenvalue weighted by Crippen LogP contribution is -2.34. The Morgan fingerprint density at radius 3 is 2.32 bits per heavy atom. The van der Waals surface area contributed by atoms with E-state index >= 15 is 0 Å². The van der Waals surface area contributed by atoms with Crippen molar-refractivity contribution in [2.75, 3.05) is 10.2 Å². The van der Waals surface area contributed by atoms with E-state index < -0.39 is 23.1 Å². The van der Waals surface area contributed by atoms with Gasteiger partial charge in [-0.3, -0.25) is 9.69 Å². The Morgan fingerprint density at radius 2 is 1.73 bits per heavy atom. The van der Waals surface area contributed by atoms with E-state index in [0.717, 1.165) is 10.5 Å². The van der Waals surface area contributed by atoms with Crippen molar-refractivity contribution >= 4 is 51.0 Å². The minimum Gasteiger partial charge on any atom is -0.332 e. The topological polar surface area (TPSA) is 32.3 Å². The third kappa shape index (κ3) is 3.45. The van der Waals surface area contributed by atoms with Crippen molar-refractivity contribution in [3.63, 3.8) is 0 Å². The maximum atomic E-state index is 13.7. The lowest BCUT2D eigenvalue weighted by Gasteiger charge is -2.20. The van der Waals surface area contributed by atoms with Gasteiger partial charge in [-0.25, -0.2) is 13.2 Å². The number of benzene rings is 2. The summed E-state index contributed by atoms with van der Waals surface area (Å²) >= 11 is 8.26. The second-order valence-corrected chi connectivity index (χ2v) is 5.41. The van der Waals surface area contributed by atoms with Crippen molar-refractivity contribution in [2.24, 2.45) is 0 Å². The zero-order valence-electron chi connectivity index (χ0n) is 10.8. The molecule has 2 aromatic rings. The summed E-state index contributed by atoms with van der Waals surface area (Å²) in [6.07, 6.45) is 0.212. The van der Waals surface area contributed by atoms with Gasteiger partial charge in [-0.1, -0.05) is 15.9 Å². The Morgan fingerprint density at radius 1 is 1.09 bits per heavy atom.